The first-order valence-corrected chi connectivity index (χ1v) is 12.7. The third-order valence-electron chi connectivity index (χ3n) is 5.68. The van der Waals surface area contributed by atoms with E-state index in [-0.39, 0.29) is 61.8 Å². The minimum Gasteiger partial charge on any atom is -1.00 e. The number of hydrogen-bond acceptors (Lipinski definition) is 0. The van der Waals surface area contributed by atoms with Crippen molar-refractivity contribution in [2.45, 2.75) is 77.8 Å². The molecule has 0 fully saturated rings. The van der Waals surface area contributed by atoms with Crippen molar-refractivity contribution in [1.29, 1.82) is 0 Å². The zero-order chi connectivity index (χ0) is 21.4. The van der Waals surface area contributed by atoms with Crippen LogP contribution in [0.4, 0.5) is 0 Å². The molecule has 0 saturated carbocycles. The minimum absolute atomic E-state index is 0. The van der Waals surface area contributed by atoms with Crippen LogP contribution < -0.4 is 24.8 Å². The summed E-state index contributed by atoms with van der Waals surface area (Å²) in [7, 11) is 1.08. The zero-order valence-corrected chi connectivity index (χ0v) is 25.6. The first-order valence-electron chi connectivity index (χ1n) is 10.7. The standard InChI is InChI=1S/C26H29.C2H6Si.2ClH.Zr/c1-25(2,3)20-11-12-21-18(14-20)13-19-15-24(26(4,5)6)23(16-22(19)21)17-9-7-8-10-17;1-3-2;;;/h7-12,14,16-17H,13H2,1-6H3;1-2H3;2*1H;/q-1;;;;+3/p-2. The summed E-state index contributed by atoms with van der Waals surface area (Å²) >= 11 is 0. The Morgan fingerprint density at radius 3 is 1.91 bits per heavy atom. The molecule has 0 unspecified atom stereocenters. The topological polar surface area (TPSA) is 0 Å². The summed E-state index contributed by atoms with van der Waals surface area (Å²) in [6.45, 7) is 18.1. The minimum atomic E-state index is 0. The number of rotatable bonds is 1. The molecule has 0 aliphatic heterocycles. The molecule has 4 rings (SSSR count). The van der Waals surface area contributed by atoms with E-state index < -0.39 is 0 Å². The van der Waals surface area contributed by atoms with Crippen LogP contribution in [0.2, 0.25) is 13.1 Å². The van der Waals surface area contributed by atoms with E-state index in [0.717, 1.165) is 15.9 Å². The molecule has 4 heteroatoms. The van der Waals surface area contributed by atoms with Gasteiger partial charge < -0.3 is 24.8 Å². The Balaban J connectivity index is 0.00000152. The Kier molecular flexibility index (Phi) is 12.2. The molecule has 2 aromatic carbocycles. The Morgan fingerprint density at radius 2 is 1.41 bits per heavy atom. The summed E-state index contributed by atoms with van der Waals surface area (Å²) in [5.41, 5.74) is 10.1. The first kappa shape index (κ1) is 31.6. The third-order valence-corrected chi connectivity index (χ3v) is 5.68. The van der Waals surface area contributed by atoms with Crippen molar-refractivity contribution in [3.05, 3.63) is 82.5 Å². The van der Waals surface area contributed by atoms with E-state index in [2.05, 4.69) is 109 Å². The summed E-state index contributed by atoms with van der Waals surface area (Å²) < 4.78 is 0. The van der Waals surface area contributed by atoms with Gasteiger partial charge in [0, 0.05) is 9.52 Å². The molecule has 169 valence electrons. The summed E-state index contributed by atoms with van der Waals surface area (Å²) in [6.07, 6.45) is 9.92. The molecule has 32 heavy (non-hydrogen) atoms. The van der Waals surface area contributed by atoms with Gasteiger partial charge in [-0.15, -0.1) is 16.7 Å². The normalized spacial score (nSPS) is 13.8. The Morgan fingerprint density at radius 1 is 0.844 bits per heavy atom. The van der Waals surface area contributed by atoms with E-state index in [4.69, 9.17) is 0 Å². The molecule has 0 saturated heterocycles. The van der Waals surface area contributed by atoms with Gasteiger partial charge in [-0.1, -0.05) is 103 Å². The molecule has 0 nitrogen and oxygen atoms in total. The van der Waals surface area contributed by atoms with E-state index in [1.807, 2.05) is 0 Å². The molecule has 2 aliphatic rings. The van der Waals surface area contributed by atoms with E-state index in [1.165, 1.54) is 38.9 Å². The Labute approximate surface area is 230 Å². The first-order chi connectivity index (χ1) is 13.6. The molecular formula is C28H35Cl2SiZr. The van der Waals surface area contributed by atoms with Gasteiger partial charge in [0.15, 0.2) is 0 Å². The molecule has 0 aromatic heterocycles. The van der Waals surface area contributed by atoms with Gasteiger partial charge in [-0.3, -0.25) is 0 Å². The summed E-state index contributed by atoms with van der Waals surface area (Å²) in [4.78, 5) is 0. The zero-order valence-electron chi connectivity index (χ0n) is 20.7. The summed E-state index contributed by atoms with van der Waals surface area (Å²) in [5, 5.41) is 0. The average molecular weight is 562 g/mol. The maximum absolute atomic E-state index is 3.85. The fraction of sp³-hybridized carbons (Fsp3) is 0.429. The molecule has 0 heterocycles. The van der Waals surface area contributed by atoms with Crippen LogP contribution in [0.15, 0.2) is 48.6 Å². The predicted octanol–water partition coefficient (Wildman–Crippen LogP) is 1.65. The smallest absolute Gasteiger partial charge is 1.00 e. The van der Waals surface area contributed by atoms with Crippen LogP contribution in [0.1, 0.15) is 75.3 Å². The van der Waals surface area contributed by atoms with Crippen LogP contribution in [0.25, 0.3) is 11.1 Å². The van der Waals surface area contributed by atoms with Crippen molar-refractivity contribution < 1.29 is 51.0 Å². The van der Waals surface area contributed by atoms with Gasteiger partial charge in [0.2, 0.25) is 0 Å². The Hall–Kier alpha value is -0.400. The van der Waals surface area contributed by atoms with Crippen molar-refractivity contribution >= 4 is 9.52 Å². The van der Waals surface area contributed by atoms with Crippen molar-refractivity contribution in [3.8, 4) is 11.1 Å². The molecule has 3 radical (unpaired) electrons. The van der Waals surface area contributed by atoms with E-state index in [9.17, 15) is 0 Å². The fourth-order valence-electron chi connectivity index (χ4n) is 4.17. The van der Waals surface area contributed by atoms with Gasteiger partial charge in [-0.2, -0.15) is 17.7 Å². The summed E-state index contributed by atoms with van der Waals surface area (Å²) in [6, 6.07) is 13.3. The molecule has 0 bridgehead atoms. The second kappa shape index (κ2) is 12.3. The van der Waals surface area contributed by atoms with Gasteiger partial charge >= 0.3 is 26.2 Å². The summed E-state index contributed by atoms with van der Waals surface area (Å²) in [5.74, 6) is 0.378. The molecule has 0 atom stereocenters. The van der Waals surface area contributed by atoms with Gasteiger partial charge in [-0.25, -0.2) is 0 Å². The van der Waals surface area contributed by atoms with Gasteiger partial charge in [0.05, 0.1) is 0 Å². The average Bonchev–Trinajstić information content (AvgIpc) is 3.26. The van der Waals surface area contributed by atoms with Crippen molar-refractivity contribution in [1.82, 2.24) is 0 Å². The van der Waals surface area contributed by atoms with E-state index >= 15 is 0 Å². The maximum Gasteiger partial charge on any atom is 3.00 e. The van der Waals surface area contributed by atoms with Crippen LogP contribution in [-0.4, -0.2) is 9.52 Å². The number of halogens is 2. The van der Waals surface area contributed by atoms with Gasteiger partial charge in [0.1, 0.15) is 0 Å². The van der Waals surface area contributed by atoms with Crippen molar-refractivity contribution in [2.24, 2.45) is 0 Å². The molecular weight excluding hydrogens is 527 g/mol. The van der Waals surface area contributed by atoms with Crippen molar-refractivity contribution in [2.75, 3.05) is 0 Å². The van der Waals surface area contributed by atoms with Crippen LogP contribution >= 0.6 is 0 Å². The second-order valence-electron chi connectivity index (χ2n) is 10.3. The number of allylic oxidation sites excluding steroid dienone is 4. The number of hydrogen-bond donors (Lipinski definition) is 0. The SMILES string of the molecule is CC(C)(C)c1ccc2c(c1)Cc1[c-]c(C(C)(C)C)c(C3C=CC=C3)cc1-2.C[Si]C.[Cl-].[Cl-].[Zr+3]. The molecule has 0 amide bonds. The van der Waals surface area contributed by atoms with E-state index in [1.54, 1.807) is 0 Å². The molecule has 2 aliphatic carbocycles. The van der Waals surface area contributed by atoms with E-state index in [0.29, 0.717) is 5.92 Å². The third kappa shape index (κ3) is 6.82. The fourth-order valence-corrected chi connectivity index (χ4v) is 4.17. The second-order valence-corrected chi connectivity index (χ2v) is 11.3. The van der Waals surface area contributed by atoms with Gasteiger partial charge in [0.25, 0.3) is 0 Å². The molecule has 0 N–H and O–H groups in total. The molecule has 0 spiro atoms. The largest absolute Gasteiger partial charge is 3.00 e. The maximum atomic E-state index is 3.85. The number of fused-ring (bicyclic) bond motifs is 3. The number of benzene rings is 2. The monoisotopic (exact) mass is 559 g/mol. The van der Waals surface area contributed by atoms with Crippen LogP contribution in [0.5, 0.6) is 0 Å². The van der Waals surface area contributed by atoms with Gasteiger partial charge in [-0.05, 0) is 34.3 Å². The quantitative estimate of drug-likeness (QED) is 0.313. The van der Waals surface area contributed by atoms with Crippen molar-refractivity contribution in [3.63, 3.8) is 0 Å². The molecule has 2 aromatic rings. The van der Waals surface area contributed by atoms with Crippen LogP contribution in [0.3, 0.4) is 0 Å². The predicted molar refractivity (Wildman–Crippen MR) is 129 cm³/mol. The Bertz CT molecular complexity index is 951. The van der Waals surface area contributed by atoms with Crippen LogP contribution in [0, 0.1) is 6.07 Å². The van der Waals surface area contributed by atoms with Crippen LogP contribution in [-0.2, 0) is 43.5 Å².